The molecule has 0 aromatic heterocycles. The lowest BCUT2D eigenvalue weighted by atomic mass is 9.43. The maximum absolute atomic E-state index is 12.8. The monoisotopic (exact) mass is 326 g/mol. The summed E-state index contributed by atoms with van der Waals surface area (Å²) in [5.41, 5.74) is 4.03. The molecule has 0 saturated heterocycles. The molecule has 2 amide bonds. The van der Waals surface area contributed by atoms with Gasteiger partial charge in [-0.2, -0.15) is 0 Å². The Morgan fingerprint density at radius 2 is 1.58 bits per heavy atom. The van der Waals surface area contributed by atoms with E-state index in [4.69, 9.17) is 0 Å². The number of anilines is 1. The number of nitrogens with one attached hydrogen (secondary N) is 2. The van der Waals surface area contributed by atoms with Gasteiger partial charge in [0.25, 0.3) is 0 Å². The fraction of sp³-hybridized carbons (Fsp3) is 0.667. The van der Waals surface area contributed by atoms with Gasteiger partial charge in [-0.25, -0.2) is 4.79 Å². The molecule has 4 aliphatic carbocycles. The molecule has 130 valence electrons. The summed E-state index contributed by atoms with van der Waals surface area (Å²) in [6, 6.07) is 6.11. The van der Waals surface area contributed by atoms with Crippen LogP contribution in [0.5, 0.6) is 0 Å². The third-order valence-corrected chi connectivity index (χ3v) is 6.72. The second-order valence-electron chi connectivity index (χ2n) is 9.76. The number of hydrogen-bond donors (Lipinski definition) is 2. The van der Waals surface area contributed by atoms with Crippen LogP contribution in [0.3, 0.4) is 0 Å². The SMILES string of the molecule is Cc1cccc(C)c1NC(=O)NC12CC3CC(C)(CC(C)(C3)C1)C2. The minimum atomic E-state index is -0.0263. The van der Waals surface area contributed by atoms with Crippen molar-refractivity contribution in [1.29, 1.82) is 0 Å². The molecule has 0 radical (unpaired) electrons. The van der Waals surface area contributed by atoms with Crippen LogP contribution in [0.15, 0.2) is 18.2 Å². The highest BCUT2D eigenvalue weighted by molar-refractivity contribution is 5.91. The Kier molecular flexibility index (Phi) is 3.33. The molecule has 2 N–H and O–H groups in total. The van der Waals surface area contributed by atoms with Crippen molar-refractivity contribution in [2.75, 3.05) is 5.32 Å². The van der Waals surface area contributed by atoms with E-state index >= 15 is 0 Å². The number of carbonyl (C=O) groups excluding carboxylic acids is 1. The van der Waals surface area contributed by atoms with Crippen molar-refractivity contribution in [3.8, 4) is 0 Å². The number of benzene rings is 1. The van der Waals surface area contributed by atoms with Gasteiger partial charge >= 0.3 is 6.03 Å². The van der Waals surface area contributed by atoms with E-state index in [0.717, 1.165) is 35.6 Å². The van der Waals surface area contributed by atoms with Gasteiger partial charge < -0.3 is 10.6 Å². The lowest BCUT2D eigenvalue weighted by Gasteiger charge is -2.65. The minimum absolute atomic E-state index is 0.00356. The van der Waals surface area contributed by atoms with Crippen LogP contribution in [-0.2, 0) is 0 Å². The van der Waals surface area contributed by atoms with Gasteiger partial charge in [0, 0.05) is 11.2 Å². The van der Waals surface area contributed by atoms with Crippen LogP contribution < -0.4 is 10.6 Å². The molecule has 2 unspecified atom stereocenters. The van der Waals surface area contributed by atoms with Gasteiger partial charge in [-0.3, -0.25) is 0 Å². The molecule has 3 nitrogen and oxygen atoms in total. The molecular weight excluding hydrogens is 296 g/mol. The van der Waals surface area contributed by atoms with Gasteiger partial charge in [-0.15, -0.1) is 0 Å². The number of aryl methyl sites for hydroxylation is 2. The molecule has 4 fully saturated rings. The van der Waals surface area contributed by atoms with Crippen LogP contribution in [0.1, 0.15) is 63.5 Å². The van der Waals surface area contributed by atoms with Gasteiger partial charge in [0.2, 0.25) is 0 Å². The lowest BCUT2D eigenvalue weighted by Crippen LogP contribution is -2.65. The van der Waals surface area contributed by atoms with E-state index in [1.807, 2.05) is 6.07 Å². The van der Waals surface area contributed by atoms with Crippen LogP contribution >= 0.6 is 0 Å². The molecule has 5 rings (SSSR count). The maximum Gasteiger partial charge on any atom is 0.319 e. The third kappa shape index (κ3) is 2.62. The fourth-order valence-electron chi connectivity index (χ4n) is 6.98. The predicted molar refractivity (Wildman–Crippen MR) is 98.2 cm³/mol. The molecule has 4 aliphatic rings. The summed E-state index contributed by atoms with van der Waals surface area (Å²) < 4.78 is 0. The van der Waals surface area contributed by atoms with Crippen molar-refractivity contribution in [2.45, 2.75) is 71.8 Å². The van der Waals surface area contributed by atoms with Gasteiger partial charge in [0.15, 0.2) is 0 Å². The topological polar surface area (TPSA) is 41.1 Å². The van der Waals surface area contributed by atoms with Crippen molar-refractivity contribution in [2.24, 2.45) is 16.7 Å². The van der Waals surface area contributed by atoms with E-state index in [-0.39, 0.29) is 11.6 Å². The number of rotatable bonds is 2. The predicted octanol–water partition coefficient (Wildman–Crippen LogP) is 5.17. The van der Waals surface area contributed by atoms with Crippen molar-refractivity contribution < 1.29 is 4.79 Å². The van der Waals surface area contributed by atoms with E-state index in [9.17, 15) is 4.79 Å². The van der Waals surface area contributed by atoms with Crippen molar-refractivity contribution in [3.05, 3.63) is 29.3 Å². The Labute approximate surface area is 145 Å². The van der Waals surface area contributed by atoms with Gasteiger partial charge in [0.05, 0.1) is 0 Å². The number of para-hydroxylation sites is 1. The molecule has 0 spiro atoms. The molecule has 1 aromatic carbocycles. The summed E-state index contributed by atoms with van der Waals surface area (Å²) in [5.74, 6) is 0.789. The number of carbonyl (C=O) groups is 1. The summed E-state index contributed by atoms with van der Waals surface area (Å²) in [5, 5.41) is 6.56. The Morgan fingerprint density at radius 1 is 1.00 bits per heavy atom. The molecule has 24 heavy (non-hydrogen) atoms. The van der Waals surface area contributed by atoms with E-state index in [2.05, 4.69) is 50.5 Å². The largest absolute Gasteiger partial charge is 0.332 e. The molecule has 2 atom stereocenters. The Balaban J connectivity index is 1.54. The smallest absolute Gasteiger partial charge is 0.319 e. The Morgan fingerprint density at radius 3 is 2.12 bits per heavy atom. The van der Waals surface area contributed by atoms with E-state index in [1.165, 1.54) is 25.7 Å². The first kappa shape index (κ1) is 16.0. The summed E-state index contributed by atoms with van der Waals surface area (Å²) in [6.45, 7) is 8.98. The highest BCUT2D eigenvalue weighted by Gasteiger charge is 2.60. The zero-order valence-corrected chi connectivity index (χ0v) is 15.5. The van der Waals surface area contributed by atoms with Gasteiger partial charge in [-0.05, 0) is 80.2 Å². The molecule has 4 bridgehead atoms. The molecule has 3 heteroatoms. The first-order valence-corrected chi connectivity index (χ1v) is 9.35. The molecule has 4 saturated carbocycles. The van der Waals surface area contributed by atoms with Gasteiger partial charge in [-0.1, -0.05) is 32.0 Å². The number of hydrogen-bond acceptors (Lipinski definition) is 1. The van der Waals surface area contributed by atoms with Crippen molar-refractivity contribution >= 4 is 11.7 Å². The van der Waals surface area contributed by atoms with Crippen LogP contribution in [0.4, 0.5) is 10.5 Å². The van der Waals surface area contributed by atoms with E-state index in [0.29, 0.717) is 10.8 Å². The highest BCUT2D eigenvalue weighted by atomic mass is 16.2. The van der Waals surface area contributed by atoms with Crippen LogP contribution in [-0.4, -0.2) is 11.6 Å². The van der Waals surface area contributed by atoms with Crippen molar-refractivity contribution in [3.63, 3.8) is 0 Å². The third-order valence-electron chi connectivity index (χ3n) is 6.72. The van der Waals surface area contributed by atoms with Crippen LogP contribution in [0.25, 0.3) is 0 Å². The second kappa shape index (κ2) is 5.00. The minimum Gasteiger partial charge on any atom is -0.332 e. The van der Waals surface area contributed by atoms with E-state index < -0.39 is 0 Å². The average Bonchev–Trinajstić information content (AvgIpc) is 2.38. The van der Waals surface area contributed by atoms with Crippen LogP contribution in [0.2, 0.25) is 0 Å². The normalized spacial score (nSPS) is 39.8. The zero-order valence-electron chi connectivity index (χ0n) is 15.5. The summed E-state index contributed by atoms with van der Waals surface area (Å²) in [6.07, 6.45) is 7.49. The molecule has 1 aromatic rings. The maximum atomic E-state index is 12.8. The first-order chi connectivity index (χ1) is 11.2. The lowest BCUT2D eigenvalue weighted by molar-refractivity contribution is -0.113. The van der Waals surface area contributed by atoms with Crippen molar-refractivity contribution in [1.82, 2.24) is 5.32 Å². The van der Waals surface area contributed by atoms with Crippen LogP contribution in [0, 0.1) is 30.6 Å². The summed E-state index contributed by atoms with van der Waals surface area (Å²) in [4.78, 5) is 12.8. The van der Waals surface area contributed by atoms with E-state index in [1.54, 1.807) is 0 Å². The quantitative estimate of drug-likeness (QED) is 0.773. The number of urea groups is 1. The fourth-order valence-corrected chi connectivity index (χ4v) is 6.98. The zero-order chi connectivity index (χ0) is 17.2. The Hall–Kier alpha value is -1.51. The summed E-state index contributed by atoms with van der Waals surface area (Å²) in [7, 11) is 0. The van der Waals surface area contributed by atoms with Gasteiger partial charge in [0.1, 0.15) is 0 Å². The second-order valence-corrected chi connectivity index (χ2v) is 9.76. The standard InChI is InChI=1S/C21H30N2O/c1-14-6-5-7-15(2)17(14)22-18(24)23-21-10-16-8-19(3,12-21)11-20(4,9-16)13-21/h5-7,16H,8-13H2,1-4H3,(H2,22,23,24). The molecule has 0 aliphatic heterocycles. The Bertz CT molecular complexity index is 657. The average molecular weight is 326 g/mol. The first-order valence-electron chi connectivity index (χ1n) is 9.35. The molecular formula is C21H30N2O. The number of amides is 2. The summed E-state index contributed by atoms with van der Waals surface area (Å²) >= 11 is 0. The highest BCUT2D eigenvalue weighted by Crippen LogP contribution is 2.66. The molecule has 0 heterocycles.